The maximum Gasteiger partial charge on any atom is -0.0167 e. The normalized spacial score (nSPS) is 9.00. The molecular weight excluding hydrogens is 108 g/mol. The predicted molar refractivity (Wildman–Crippen MR) is 43.3 cm³/mol. The average Bonchev–Trinajstić information content (AvgIpc) is 1.88. The maximum atomic E-state index is 3.70. The monoisotopic (exact) mass is 122 g/mol. The molecule has 0 unspecified atom stereocenters. The van der Waals surface area contributed by atoms with Crippen LogP contribution in [0.25, 0.3) is 0 Å². The van der Waals surface area contributed by atoms with E-state index in [4.69, 9.17) is 0 Å². The van der Waals surface area contributed by atoms with E-state index in [1.54, 1.807) is 0 Å². The van der Waals surface area contributed by atoms with Gasteiger partial charge in [-0.25, -0.2) is 0 Å². The molecule has 0 aromatic carbocycles. The molecule has 0 atom stereocenters. The molecular formula is C9H14. The van der Waals surface area contributed by atoms with Gasteiger partial charge in [0.25, 0.3) is 0 Å². The highest BCUT2D eigenvalue weighted by molar-refractivity contribution is 4.89. The third-order valence-corrected chi connectivity index (χ3v) is 1.27. The Morgan fingerprint density at radius 2 is 1.44 bits per heavy atom. The Morgan fingerprint density at radius 1 is 1.00 bits per heavy atom. The van der Waals surface area contributed by atoms with Crippen LogP contribution in [0, 0.1) is 5.92 Å². The first-order chi connectivity index (χ1) is 4.35. The molecule has 0 amide bonds. The smallest absolute Gasteiger partial charge is 0.0167 e. The van der Waals surface area contributed by atoms with Crippen LogP contribution in [0.3, 0.4) is 0 Å². The minimum absolute atomic E-state index is 0.542. The molecule has 0 aromatic heterocycles. The molecule has 0 spiro atoms. The molecule has 0 fully saturated rings. The van der Waals surface area contributed by atoms with Gasteiger partial charge in [-0.2, -0.15) is 0 Å². The molecule has 0 aliphatic heterocycles. The molecule has 0 radical (unpaired) electrons. The van der Waals surface area contributed by atoms with Gasteiger partial charge in [-0.3, -0.25) is 0 Å². The molecule has 9 heavy (non-hydrogen) atoms. The molecule has 0 aliphatic carbocycles. The molecule has 0 heteroatoms. The summed E-state index contributed by atoms with van der Waals surface area (Å²) in [6.07, 6.45) is 7.79. The molecule has 0 aromatic rings. The molecule has 50 valence electrons. The van der Waals surface area contributed by atoms with Gasteiger partial charge in [0.2, 0.25) is 0 Å². The van der Waals surface area contributed by atoms with Crippen LogP contribution in [0.2, 0.25) is 0 Å². The lowest BCUT2D eigenvalue weighted by Crippen LogP contribution is -1.90. The highest BCUT2D eigenvalue weighted by Gasteiger charge is 1.95. The number of hydrogen-bond donors (Lipinski definition) is 0. The summed E-state index contributed by atoms with van der Waals surface area (Å²) in [6, 6.07) is 0. The Kier molecular flexibility index (Phi) is 4.89. The lowest BCUT2D eigenvalue weighted by molar-refractivity contribution is 0.678. The zero-order valence-electron chi connectivity index (χ0n) is 5.84. The summed E-state index contributed by atoms with van der Waals surface area (Å²) in [5.41, 5.74) is 0. The maximum absolute atomic E-state index is 3.70. The van der Waals surface area contributed by atoms with Crippen molar-refractivity contribution in [1.29, 1.82) is 0 Å². The first-order valence-corrected chi connectivity index (χ1v) is 3.19. The van der Waals surface area contributed by atoms with E-state index in [9.17, 15) is 0 Å². The van der Waals surface area contributed by atoms with Crippen LogP contribution >= 0.6 is 0 Å². The van der Waals surface area contributed by atoms with Gasteiger partial charge in [0.05, 0.1) is 0 Å². The Bertz CT molecular complexity index is 90.6. The van der Waals surface area contributed by atoms with Crippen molar-refractivity contribution >= 4 is 0 Å². The van der Waals surface area contributed by atoms with Gasteiger partial charge in [-0.1, -0.05) is 18.2 Å². The molecule has 0 saturated heterocycles. The van der Waals surface area contributed by atoms with E-state index in [1.807, 2.05) is 18.2 Å². The molecule has 0 nitrogen and oxygen atoms in total. The van der Waals surface area contributed by atoms with Crippen LogP contribution < -0.4 is 0 Å². The minimum atomic E-state index is 0.542. The van der Waals surface area contributed by atoms with E-state index in [1.165, 1.54) is 0 Å². The molecule has 0 saturated carbocycles. The molecule has 0 aliphatic rings. The van der Waals surface area contributed by atoms with E-state index >= 15 is 0 Å². The van der Waals surface area contributed by atoms with Crippen LogP contribution in [-0.4, -0.2) is 0 Å². The van der Waals surface area contributed by atoms with E-state index in [2.05, 4.69) is 19.7 Å². The van der Waals surface area contributed by atoms with Crippen molar-refractivity contribution in [2.24, 2.45) is 5.92 Å². The topological polar surface area (TPSA) is 0 Å². The van der Waals surface area contributed by atoms with Gasteiger partial charge < -0.3 is 0 Å². The highest BCUT2D eigenvalue weighted by Crippen LogP contribution is 2.09. The van der Waals surface area contributed by atoms with Gasteiger partial charge in [0, 0.05) is 0 Å². The number of allylic oxidation sites excluding steroid dienone is 3. The Labute approximate surface area is 57.6 Å². The fraction of sp³-hybridized carbons (Fsp3) is 0.333. The van der Waals surface area contributed by atoms with Crippen molar-refractivity contribution in [3.8, 4) is 0 Å². The lowest BCUT2D eigenvalue weighted by Gasteiger charge is -2.03. The van der Waals surface area contributed by atoms with Crippen LogP contribution in [0.5, 0.6) is 0 Å². The van der Waals surface area contributed by atoms with Crippen molar-refractivity contribution < 1.29 is 0 Å². The Balaban J connectivity index is 3.51. The van der Waals surface area contributed by atoms with E-state index in [-0.39, 0.29) is 0 Å². The number of hydrogen-bond acceptors (Lipinski definition) is 0. The molecule has 0 N–H and O–H groups in total. The second-order valence-corrected chi connectivity index (χ2v) is 2.04. The predicted octanol–water partition coefficient (Wildman–Crippen LogP) is 2.94. The molecule has 0 rings (SSSR count). The molecule has 0 heterocycles. The third-order valence-electron chi connectivity index (χ3n) is 1.27. The van der Waals surface area contributed by atoms with Crippen LogP contribution in [-0.2, 0) is 0 Å². The molecule has 0 bridgehead atoms. The van der Waals surface area contributed by atoms with Gasteiger partial charge in [-0.05, 0) is 18.8 Å². The summed E-state index contributed by atoms with van der Waals surface area (Å²) >= 11 is 0. The summed E-state index contributed by atoms with van der Waals surface area (Å²) in [5, 5.41) is 0. The summed E-state index contributed by atoms with van der Waals surface area (Å²) in [5.74, 6) is 0.542. The second kappa shape index (κ2) is 5.36. The SMILES string of the molecule is C=CCC(C=C)CC=C. The van der Waals surface area contributed by atoms with Gasteiger partial charge >= 0.3 is 0 Å². The average molecular weight is 122 g/mol. The summed E-state index contributed by atoms with van der Waals surface area (Å²) in [6.45, 7) is 11.0. The minimum Gasteiger partial charge on any atom is -0.103 e. The first-order valence-electron chi connectivity index (χ1n) is 3.19. The van der Waals surface area contributed by atoms with Crippen molar-refractivity contribution in [3.63, 3.8) is 0 Å². The van der Waals surface area contributed by atoms with Crippen molar-refractivity contribution in [3.05, 3.63) is 38.0 Å². The Hall–Kier alpha value is -0.780. The van der Waals surface area contributed by atoms with Crippen molar-refractivity contribution in [2.75, 3.05) is 0 Å². The summed E-state index contributed by atoms with van der Waals surface area (Å²) < 4.78 is 0. The van der Waals surface area contributed by atoms with Crippen LogP contribution in [0.15, 0.2) is 38.0 Å². The lowest BCUT2D eigenvalue weighted by atomic mass is 10.0. The quantitative estimate of drug-likeness (QED) is 0.492. The van der Waals surface area contributed by atoms with Gasteiger partial charge in [-0.15, -0.1) is 19.7 Å². The van der Waals surface area contributed by atoms with Crippen molar-refractivity contribution in [1.82, 2.24) is 0 Å². The van der Waals surface area contributed by atoms with Crippen LogP contribution in [0.4, 0.5) is 0 Å². The standard InChI is InChI=1S/C9H14/c1-4-7-9(6-3)8-5-2/h4-6,9H,1-3,7-8H2. The summed E-state index contributed by atoms with van der Waals surface area (Å²) in [7, 11) is 0. The van der Waals surface area contributed by atoms with Crippen molar-refractivity contribution in [2.45, 2.75) is 12.8 Å². The third kappa shape index (κ3) is 3.77. The zero-order valence-corrected chi connectivity index (χ0v) is 5.84. The largest absolute Gasteiger partial charge is 0.103 e. The van der Waals surface area contributed by atoms with Gasteiger partial charge in [0.15, 0.2) is 0 Å². The van der Waals surface area contributed by atoms with E-state index in [0.29, 0.717) is 5.92 Å². The fourth-order valence-corrected chi connectivity index (χ4v) is 0.717. The summed E-state index contributed by atoms with van der Waals surface area (Å²) in [4.78, 5) is 0. The second-order valence-electron chi connectivity index (χ2n) is 2.04. The zero-order chi connectivity index (χ0) is 7.11. The first kappa shape index (κ1) is 8.22. The Morgan fingerprint density at radius 3 is 1.67 bits per heavy atom. The van der Waals surface area contributed by atoms with Gasteiger partial charge in [0.1, 0.15) is 0 Å². The number of rotatable bonds is 5. The highest BCUT2D eigenvalue weighted by atomic mass is 14.0. The van der Waals surface area contributed by atoms with Crippen LogP contribution in [0.1, 0.15) is 12.8 Å². The fourth-order valence-electron chi connectivity index (χ4n) is 0.717. The van der Waals surface area contributed by atoms with E-state index in [0.717, 1.165) is 12.8 Å². The van der Waals surface area contributed by atoms with E-state index < -0.39 is 0 Å².